The minimum absolute atomic E-state index is 0.366. The topological polar surface area (TPSA) is 172 Å². The van der Waals surface area contributed by atoms with Crippen molar-refractivity contribution in [3.05, 3.63) is 38.6 Å². The van der Waals surface area contributed by atoms with Crippen molar-refractivity contribution in [2.45, 2.75) is 20.8 Å². The SMILES string of the molecule is Cc1n[nH]c(=O)o1.Cc1nn[nH]n1.Cc1noc(=O)[nH]1. The van der Waals surface area contributed by atoms with Gasteiger partial charge >= 0.3 is 11.5 Å². The fourth-order valence-electron chi connectivity index (χ4n) is 0.819. The van der Waals surface area contributed by atoms with Crippen molar-refractivity contribution in [3.8, 4) is 0 Å². The van der Waals surface area contributed by atoms with Gasteiger partial charge in [-0.05, 0) is 13.8 Å². The lowest BCUT2D eigenvalue weighted by Gasteiger charge is -1.63. The molecule has 0 spiro atoms. The highest BCUT2D eigenvalue weighted by atomic mass is 16.5. The Kier molecular flexibility index (Phi) is 5.55. The third-order valence-electron chi connectivity index (χ3n) is 1.54. The normalized spacial score (nSPS) is 9.15. The molecule has 0 radical (unpaired) electrons. The third kappa shape index (κ3) is 6.04. The fourth-order valence-corrected chi connectivity index (χ4v) is 0.819. The molecule has 3 aromatic rings. The van der Waals surface area contributed by atoms with Gasteiger partial charge in [-0.2, -0.15) is 5.21 Å². The van der Waals surface area contributed by atoms with Crippen LogP contribution in [-0.4, -0.2) is 41.0 Å². The molecule has 12 nitrogen and oxygen atoms in total. The quantitative estimate of drug-likeness (QED) is 0.460. The first-order valence-corrected chi connectivity index (χ1v) is 5.22. The van der Waals surface area contributed by atoms with Crippen LogP contribution in [0.2, 0.25) is 0 Å². The number of H-pyrrole nitrogens is 3. The maximum atomic E-state index is 10.0. The Morgan fingerprint density at radius 1 is 1.05 bits per heavy atom. The molecule has 3 N–H and O–H groups in total. The number of aromatic amines is 3. The zero-order valence-corrected chi connectivity index (χ0v) is 10.9. The predicted molar refractivity (Wildman–Crippen MR) is 62.6 cm³/mol. The van der Waals surface area contributed by atoms with E-state index in [0.29, 0.717) is 17.5 Å². The molecule has 3 rings (SSSR count). The molecule has 0 fully saturated rings. The first-order chi connectivity index (χ1) is 9.47. The molecule has 0 saturated heterocycles. The van der Waals surface area contributed by atoms with E-state index in [1.165, 1.54) is 0 Å². The summed E-state index contributed by atoms with van der Waals surface area (Å²) in [5.41, 5.74) is 0. The first kappa shape index (κ1) is 15.0. The third-order valence-corrected chi connectivity index (χ3v) is 1.54. The molecule has 0 aliphatic rings. The van der Waals surface area contributed by atoms with E-state index in [4.69, 9.17) is 0 Å². The Balaban J connectivity index is 0.000000151. The Morgan fingerprint density at radius 3 is 1.95 bits per heavy atom. The second-order valence-corrected chi connectivity index (χ2v) is 3.27. The van der Waals surface area contributed by atoms with Crippen LogP contribution in [0.5, 0.6) is 0 Å². The molecule has 12 heteroatoms. The summed E-state index contributed by atoms with van der Waals surface area (Å²) >= 11 is 0. The molecule has 0 saturated carbocycles. The standard InChI is InChI=1S/2C3H4N2O2.C2H4N4/c1-2-4-5-3(6)7-2;1-2-4-3(6)7-5-2;1-2-3-5-6-4-2/h1H3,(H,5,6);1H3,(H,4,5,6);1H3,(H,3,4,5,6). The summed E-state index contributed by atoms with van der Waals surface area (Å²) in [6.07, 6.45) is 0. The summed E-state index contributed by atoms with van der Waals surface area (Å²) in [6.45, 7) is 5.01. The van der Waals surface area contributed by atoms with Crippen molar-refractivity contribution in [1.29, 1.82) is 0 Å². The van der Waals surface area contributed by atoms with E-state index in [9.17, 15) is 9.59 Å². The lowest BCUT2D eigenvalue weighted by atomic mass is 10.8. The second-order valence-electron chi connectivity index (χ2n) is 3.27. The Morgan fingerprint density at radius 2 is 1.80 bits per heavy atom. The van der Waals surface area contributed by atoms with Gasteiger partial charge in [-0.15, -0.1) is 15.3 Å². The van der Waals surface area contributed by atoms with E-state index in [1.54, 1.807) is 20.8 Å². The van der Waals surface area contributed by atoms with Crippen LogP contribution in [0.3, 0.4) is 0 Å². The molecular formula is C8H12N8O4. The predicted octanol–water partition coefficient (Wildman–Crippen LogP) is -1.15. The number of tetrazole rings is 1. The molecule has 0 aliphatic carbocycles. The van der Waals surface area contributed by atoms with Crippen molar-refractivity contribution in [2.75, 3.05) is 0 Å². The Bertz CT molecular complexity index is 659. The highest BCUT2D eigenvalue weighted by Gasteiger charge is 1.87. The van der Waals surface area contributed by atoms with E-state index in [2.05, 4.69) is 49.9 Å². The highest BCUT2D eigenvalue weighted by molar-refractivity contribution is 4.68. The average Bonchev–Trinajstić information content (AvgIpc) is 3.07. The number of nitrogens with zero attached hydrogens (tertiary/aromatic N) is 5. The van der Waals surface area contributed by atoms with E-state index < -0.39 is 11.5 Å². The minimum Gasteiger partial charge on any atom is -0.393 e. The lowest BCUT2D eigenvalue weighted by Crippen LogP contribution is -1.93. The van der Waals surface area contributed by atoms with Crippen LogP contribution in [0.25, 0.3) is 0 Å². The van der Waals surface area contributed by atoms with Crippen molar-refractivity contribution >= 4 is 0 Å². The van der Waals surface area contributed by atoms with Crippen LogP contribution < -0.4 is 11.5 Å². The number of nitrogens with one attached hydrogen (secondary N) is 3. The number of rotatable bonds is 0. The first-order valence-electron chi connectivity index (χ1n) is 5.22. The molecule has 3 heterocycles. The molecule has 108 valence electrons. The lowest BCUT2D eigenvalue weighted by molar-refractivity contribution is 0.383. The molecule has 0 atom stereocenters. The Labute approximate surface area is 110 Å². The number of hydrogen-bond donors (Lipinski definition) is 3. The summed E-state index contributed by atoms with van der Waals surface area (Å²) in [6, 6.07) is 0. The van der Waals surface area contributed by atoms with Crippen LogP contribution >= 0.6 is 0 Å². The van der Waals surface area contributed by atoms with Crippen LogP contribution in [0.4, 0.5) is 0 Å². The maximum absolute atomic E-state index is 10.0. The van der Waals surface area contributed by atoms with Crippen LogP contribution in [-0.2, 0) is 0 Å². The summed E-state index contributed by atoms with van der Waals surface area (Å²) in [5.74, 6) is 0.542. The van der Waals surface area contributed by atoms with Gasteiger partial charge < -0.3 is 4.42 Å². The van der Waals surface area contributed by atoms with E-state index in [1.807, 2.05) is 0 Å². The van der Waals surface area contributed by atoms with Gasteiger partial charge in [0.15, 0.2) is 5.82 Å². The summed E-state index contributed by atoms with van der Waals surface area (Å²) in [5, 5.41) is 21.5. The van der Waals surface area contributed by atoms with Gasteiger partial charge in [0, 0.05) is 6.92 Å². The minimum atomic E-state index is -0.502. The van der Waals surface area contributed by atoms with Gasteiger partial charge in [0.05, 0.1) is 0 Å². The van der Waals surface area contributed by atoms with Crippen LogP contribution in [0, 0.1) is 20.8 Å². The molecular weight excluding hydrogens is 272 g/mol. The second kappa shape index (κ2) is 7.40. The van der Waals surface area contributed by atoms with Gasteiger partial charge in [-0.25, -0.2) is 14.7 Å². The van der Waals surface area contributed by atoms with Crippen LogP contribution in [0.1, 0.15) is 17.5 Å². The fraction of sp³-hybridized carbons (Fsp3) is 0.375. The zero-order chi connectivity index (χ0) is 15.0. The maximum Gasteiger partial charge on any atom is 0.438 e. The van der Waals surface area contributed by atoms with Crippen molar-refractivity contribution in [2.24, 2.45) is 0 Å². The molecule has 0 amide bonds. The van der Waals surface area contributed by atoms with E-state index >= 15 is 0 Å². The average molecular weight is 284 g/mol. The summed E-state index contributed by atoms with van der Waals surface area (Å²) < 4.78 is 8.46. The molecule has 0 bridgehead atoms. The van der Waals surface area contributed by atoms with E-state index in [0.717, 1.165) is 0 Å². The molecule has 20 heavy (non-hydrogen) atoms. The zero-order valence-electron chi connectivity index (χ0n) is 10.9. The smallest absolute Gasteiger partial charge is 0.393 e. The van der Waals surface area contributed by atoms with Crippen molar-refractivity contribution in [3.63, 3.8) is 0 Å². The number of aryl methyl sites for hydroxylation is 3. The molecule has 3 aromatic heterocycles. The number of hydrogen-bond acceptors (Lipinski definition) is 9. The summed E-state index contributed by atoms with van der Waals surface area (Å²) in [7, 11) is 0. The van der Waals surface area contributed by atoms with Gasteiger partial charge in [0.25, 0.3) is 0 Å². The van der Waals surface area contributed by atoms with Crippen molar-refractivity contribution < 1.29 is 8.94 Å². The Hall–Kier alpha value is -3.05. The number of aromatic nitrogens is 8. The van der Waals surface area contributed by atoms with Crippen LogP contribution in [0.15, 0.2) is 18.5 Å². The molecule has 0 aromatic carbocycles. The highest BCUT2D eigenvalue weighted by Crippen LogP contribution is 1.76. The van der Waals surface area contributed by atoms with Gasteiger partial charge in [0.2, 0.25) is 5.89 Å². The largest absolute Gasteiger partial charge is 0.438 e. The molecule has 0 aliphatic heterocycles. The van der Waals surface area contributed by atoms with Crippen molar-refractivity contribution in [1.82, 2.24) is 41.0 Å². The van der Waals surface area contributed by atoms with Gasteiger partial charge in [-0.3, -0.25) is 9.51 Å². The monoisotopic (exact) mass is 284 g/mol. The summed E-state index contributed by atoms with van der Waals surface area (Å²) in [4.78, 5) is 22.3. The van der Waals surface area contributed by atoms with Gasteiger partial charge in [0.1, 0.15) is 5.82 Å². The molecule has 0 unspecified atom stereocenters. The van der Waals surface area contributed by atoms with E-state index in [-0.39, 0.29) is 0 Å². The van der Waals surface area contributed by atoms with Gasteiger partial charge in [-0.1, -0.05) is 10.4 Å².